The Balaban J connectivity index is 1.82. The molecule has 0 amide bonds. The smallest absolute Gasteiger partial charge is 0.173 e. The molecule has 1 aliphatic rings. The maximum atomic E-state index is 13.0. The third-order valence-electron chi connectivity index (χ3n) is 5.08. The summed E-state index contributed by atoms with van der Waals surface area (Å²) in [6, 6.07) is 9.62. The van der Waals surface area contributed by atoms with Crippen molar-refractivity contribution in [2.75, 3.05) is 14.2 Å². The summed E-state index contributed by atoms with van der Waals surface area (Å²) < 4.78 is 10.2. The second-order valence-electron chi connectivity index (χ2n) is 7.06. The number of allylic oxidation sites excluding steroid dienone is 2. The van der Waals surface area contributed by atoms with Crippen LogP contribution in [0, 0.1) is 5.41 Å². The van der Waals surface area contributed by atoms with Crippen molar-refractivity contribution in [3.8, 4) is 23.0 Å². The first-order valence-corrected chi connectivity index (χ1v) is 8.80. The molecule has 28 heavy (non-hydrogen) atoms. The Morgan fingerprint density at radius 1 is 0.893 bits per heavy atom. The number of phenols is 2. The summed E-state index contributed by atoms with van der Waals surface area (Å²) >= 11 is 0. The molecule has 1 aliphatic carbocycles. The van der Waals surface area contributed by atoms with Gasteiger partial charge in [-0.1, -0.05) is 12.1 Å². The SMILES string of the molecule is COc1cc(CC2=CC(=O)[C@](C)(Cc3ccc(O)c(OC)c3)C2=O)ccc1O. The molecule has 0 aliphatic heterocycles. The first-order valence-electron chi connectivity index (χ1n) is 8.80. The Labute approximate surface area is 163 Å². The standard InChI is InChI=1S/C22H22O6/c1-22(12-14-5-7-17(24)19(10-14)28-3)20(25)11-15(21(22)26)8-13-4-6-16(23)18(9-13)27-2/h4-7,9-11,23-24H,8,12H2,1-3H3/t22-/m0/s1. The minimum Gasteiger partial charge on any atom is -0.504 e. The highest BCUT2D eigenvalue weighted by atomic mass is 16.5. The van der Waals surface area contributed by atoms with Gasteiger partial charge in [0.2, 0.25) is 0 Å². The molecule has 0 radical (unpaired) electrons. The summed E-state index contributed by atoms with van der Waals surface area (Å²) in [4.78, 5) is 25.7. The van der Waals surface area contributed by atoms with E-state index in [0.717, 1.165) is 11.1 Å². The normalized spacial score (nSPS) is 18.9. The molecule has 0 aromatic heterocycles. The number of carbonyl (C=O) groups excluding carboxylic acids is 2. The lowest BCUT2D eigenvalue weighted by Gasteiger charge is -2.22. The summed E-state index contributed by atoms with van der Waals surface area (Å²) in [7, 11) is 2.89. The number of carbonyl (C=O) groups is 2. The Bertz CT molecular complexity index is 975. The van der Waals surface area contributed by atoms with Crippen molar-refractivity contribution in [1.82, 2.24) is 0 Å². The number of rotatable bonds is 6. The molecule has 146 valence electrons. The van der Waals surface area contributed by atoms with E-state index < -0.39 is 5.41 Å². The van der Waals surface area contributed by atoms with E-state index in [0.29, 0.717) is 17.1 Å². The summed E-state index contributed by atoms with van der Waals surface area (Å²) in [6.07, 6.45) is 1.88. The highest BCUT2D eigenvalue weighted by molar-refractivity contribution is 6.25. The zero-order chi connectivity index (χ0) is 20.5. The van der Waals surface area contributed by atoms with Crippen LogP contribution in [0.15, 0.2) is 48.0 Å². The van der Waals surface area contributed by atoms with Crippen molar-refractivity contribution in [2.45, 2.75) is 19.8 Å². The van der Waals surface area contributed by atoms with Crippen LogP contribution < -0.4 is 9.47 Å². The number of hydrogen-bond donors (Lipinski definition) is 2. The lowest BCUT2D eigenvalue weighted by Crippen LogP contribution is -2.33. The van der Waals surface area contributed by atoms with Gasteiger partial charge in [0.05, 0.1) is 19.6 Å². The molecule has 2 aromatic rings. The van der Waals surface area contributed by atoms with Crippen molar-refractivity contribution in [2.24, 2.45) is 5.41 Å². The lowest BCUT2D eigenvalue weighted by atomic mass is 9.78. The molecule has 2 N–H and O–H groups in total. The van der Waals surface area contributed by atoms with Gasteiger partial charge in [0.15, 0.2) is 34.6 Å². The predicted octanol–water partition coefficient (Wildman–Crippen LogP) is 2.98. The monoisotopic (exact) mass is 382 g/mol. The number of benzene rings is 2. The van der Waals surface area contributed by atoms with Gasteiger partial charge in [-0.15, -0.1) is 0 Å². The number of Topliss-reactive ketones (excluding diaryl/α,β-unsaturated/α-hetero) is 1. The van der Waals surface area contributed by atoms with E-state index in [2.05, 4.69) is 0 Å². The average Bonchev–Trinajstić information content (AvgIpc) is 2.88. The fourth-order valence-electron chi connectivity index (χ4n) is 3.44. The molecule has 3 rings (SSSR count). The van der Waals surface area contributed by atoms with Crippen LogP contribution in [0.25, 0.3) is 0 Å². The van der Waals surface area contributed by atoms with Gasteiger partial charge in [-0.25, -0.2) is 0 Å². The summed E-state index contributed by atoms with van der Waals surface area (Å²) in [6.45, 7) is 1.64. The van der Waals surface area contributed by atoms with Gasteiger partial charge in [-0.3, -0.25) is 9.59 Å². The fraction of sp³-hybridized carbons (Fsp3) is 0.273. The van der Waals surface area contributed by atoms with E-state index in [1.165, 1.54) is 32.4 Å². The molecule has 1 atom stereocenters. The highest BCUT2D eigenvalue weighted by Crippen LogP contribution is 2.38. The largest absolute Gasteiger partial charge is 0.504 e. The van der Waals surface area contributed by atoms with Gasteiger partial charge in [-0.05, 0) is 54.8 Å². The van der Waals surface area contributed by atoms with Crippen LogP contribution in [0.3, 0.4) is 0 Å². The molecule has 0 spiro atoms. The number of ketones is 2. The summed E-state index contributed by atoms with van der Waals surface area (Å²) in [5, 5.41) is 19.4. The van der Waals surface area contributed by atoms with Gasteiger partial charge in [-0.2, -0.15) is 0 Å². The minimum absolute atomic E-state index is 0.000527. The van der Waals surface area contributed by atoms with E-state index in [9.17, 15) is 19.8 Å². The van der Waals surface area contributed by atoms with E-state index in [4.69, 9.17) is 9.47 Å². The topological polar surface area (TPSA) is 93.1 Å². The third kappa shape index (κ3) is 3.45. The van der Waals surface area contributed by atoms with Crippen LogP contribution in [-0.2, 0) is 22.4 Å². The first-order chi connectivity index (χ1) is 13.3. The minimum atomic E-state index is -1.20. The Morgan fingerprint density at radius 3 is 2.00 bits per heavy atom. The van der Waals surface area contributed by atoms with E-state index in [-0.39, 0.29) is 35.9 Å². The van der Waals surface area contributed by atoms with E-state index >= 15 is 0 Å². The molecule has 0 heterocycles. The van der Waals surface area contributed by atoms with Crippen LogP contribution in [0.4, 0.5) is 0 Å². The number of ether oxygens (including phenoxy) is 2. The molecule has 0 fully saturated rings. The zero-order valence-electron chi connectivity index (χ0n) is 16.0. The molecule has 0 saturated carbocycles. The van der Waals surface area contributed by atoms with Gasteiger partial charge < -0.3 is 19.7 Å². The van der Waals surface area contributed by atoms with Crippen molar-refractivity contribution in [3.63, 3.8) is 0 Å². The second kappa shape index (κ2) is 7.38. The van der Waals surface area contributed by atoms with E-state index in [1.807, 2.05) is 0 Å². The maximum Gasteiger partial charge on any atom is 0.173 e. The molecular formula is C22H22O6. The number of methoxy groups -OCH3 is 2. The van der Waals surface area contributed by atoms with Gasteiger partial charge >= 0.3 is 0 Å². The summed E-state index contributed by atoms with van der Waals surface area (Å²) in [5.41, 5.74) is 0.710. The molecule has 0 saturated heterocycles. The number of phenolic OH excluding ortho intramolecular Hbond substituents is 2. The lowest BCUT2D eigenvalue weighted by molar-refractivity contribution is -0.132. The van der Waals surface area contributed by atoms with Crippen molar-refractivity contribution < 1.29 is 29.3 Å². The Morgan fingerprint density at radius 2 is 1.43 bits per heavy atom. The van der Waals surface area contributed by atoms with Crippen LogP contribution in [-0.4, -0.2) is 36.0 Å². The third-order valence-corrected chi connectivity index (χ3v) is 5.08. The van der Waals surface area contributed by atoms with Crippen molar-refractivity contribution in [3.05, 3.63) is 59.2 Å². The zero-order valence-corrected chi connectivity index (χ0v) is 16.0. The molecule has 0 bridgehead atoms. The van der Waals surface area contributed by atoms with E-state index in [1.54, 1.807) is 31.2 Å². The van der Waals surface area contributed by atoms with Crippen LogP contribution in [0.5, 0.6) is 23.0 Å². The Hall–Kier alpha value is -3.28. The first kappa shape index (κ1) is 19.5. The second-order valence-corrected chi connectivity index (χ2v) is 7.06. The van der Waals surface area contributed by atoms with Crippen LogP contribution in [0.2, 0.25) is 0 Å². The Kier molecular flexibility index (Phi) is 5.14. The molecule has 0 unspecified atom stereocenters. The average molecular weight is 382 g/mol. The molecule has 6 nitrogen and oxygen atoms in total. The van der Waals surface area contributed by atoms with Gasteiger partial charge in [0.25, 0.3) is 0 Å². The van der Waals surface area contributed by atoms with Gasteiger partial charge in [0, 0.05) is 12.0 Å². The molecular weight excluding hydrogens is 360 g/mol. The maximum absolute atomic E-state index is 13.0. The fourth-order valence-corrected chi connectivity index (χ4v) is 3.44. The summed E-state index contributed by atoms with van der Waals surface area (Å²) in [5.74, 6) is 0.153. The van der Waals surface area contributed by atoms with Gasteiger partial charge in [0.1, 0.15) is 0 Å². The highest BCUT2D eigenvalue weighted by Gasteiger charge is 2.46. The molecule has 2 aromatic carbocycles. The van der Waals surface area contributed by atoms with Crippen molar-refractivity contribution in [1.29, 1.82) is 0 Å². The number of aromatic hydroxyl groups is 2. The van der Waals surface area contributed by atoms with Crippen molar-refractivity contribution >= 4 is 11.6 Å². The van der Waals surface area contributed by atoms with Crippen LogP contribution in [0.1, 0.15) is 18.1 Å². The number of hydrogen-bond acceptors (Lipinski definition) is 6. The quantitative estimate of drug-likeness (QED) is 0.746. The predicted molar refractivity (Wildman–Crippen MR) is 103 cm³/mol. The molecule has 6 heteroatoms. The van der Waals surface area contributed by atoms with Crippen LogP contribution >= 0.6 is 0 Å².